The molecule has 0 saturated heterocycles. The van der Waals surface area contributed by atoms with Gasteiger partial charge in [-0.15, -0.1) is 0 Å². The van der Waals surface area contributed by atoms with Gasteiger partial charge in [0.25, 0.3) is 0 Å². The maximum absolute atomic E-state index is 12.0. The molecule has 1 aliphatic rings. The first-order chi connectivity index (χ1) is 7.19. The predicted octanol–water partition coefficient (Wildman–Crippen LogP) is 2.76. The largest absolute Gasteiger partial charge is 0.330 e. The molecule has 88 valence electrons. The van der Waals surface area contributed by atoms with Crippen LogP contribution in [0.15, 0.2) is 0 Å². The van der Waals surface area contributed by atoms with Gasteiger partial charge in [0.05, 0.1) is 0 Å². The monoisotopic (exact) mass is 211 g/mol. The predicted molar refractivity (Wildman–Crippen MR) is 63.6 cm³/mol. The van der Waals surface area contributed by atoms with E-state index in [1.165, 1.54) is 19.3 Å². The second-order valence-electron chi connectivity index (χ2n) is 5.10. The number of carbonyl (C=O) groups excluding carboxylic acids is 1. The molecule has 1 rings (SSSR count). The average Bonchev–Trinajstić information content (AvgIpc) is 2.65. The molecule has 3 atom stereocenters. The van der Waals surface area contributed by atoms with Crippen LogP contribution in [-0.2, 0) is 4.79 Å². The Morgan fingerprint density at radius 3 is 2.80 bits per heavy atom. The van der Waals surface area contributed by atoms with Crippen molar-refractivity contribution in [2.24, 2.45) is 23.5 Å². The van der Waals surface area contributed by atoms with Crippen LogP contribution in [0.5, 0.6) is 0 Å². The lowest BCUT2D eigenvalue weighted by molar-refractivity contribution is -0.124. The summed E-state index contributed by atoms with van der Waals surface area (Å²) in [5.41, 5.74) is 5.70. The molecule has 0 aliphatic heterocycles. The summed E-state index contributed by atoms with van der Waals surface area (Å²) in [5, 5.41) is 0. The van der Waals surface area contributed by atoms with Crippen molar-refractivity contribution in [2.75, 3.05) is 6.54 Å². The molecule has 0 aromatic heterocycles. The quantitative estimate of drug-likeness (QED) is 0.734. The number of hydrogen-bond acceptors (Lipinski definition) is 2. The first-order valence-electron chi connectivity index (χ1n) is 6.41. The summed E-state index contributed by atoms with van der Waals surface area (Å²) in [5.74, 6) is 1.80. The molecule has 0 spiro atoms. The topological polar surface area (TPSA) is 43.1 Å². The lowest BCUT2D eigenvalue weighted by atomic mass is 9.86. The normalized spacial score (nSPS) is 27.9. The van der Waals surface area contributed by atoms with Gasteiger partial charge in [0.1, 0.15) is 5.78 Å². The summed E-state index contributed by atoms with van der Waals surface area (Å²) in [7, 11) is 0. The Bertz CT molecular complexity index is 203. The van der Waals surface area contributed by atoms with Crippen molar-refractivity contribution in [3.05, 3.63) is 0 Å². The molecule has 0 radical (unpaired) electrons. The molecule has 0 heterocycles. The van der Waals surface area contributed by atoms with E-state index in [1.807, 2.05) is 0 Å². The molecule has 3 unspecified atom stereocenters. The minimum Gasteiger partial charge on any atom is -0.330 e. The van der Waals surface area contributed by atoms with E-state index in [9.17, 15) is 4.79 Å². The van der Waals surface area contributed by atoms with Gasteiger partial charge in [-0.3, -0.25) is 4.79 Å². The summed E-state index contributed by atoms with van der Waals surface area (Å²) >= 11 is 0. The molecule has 0 aromatic rings. The molecule has 2 N–H and O–H groups in total. The fourth-order valence-electron chi connectivity index (χ4n) is 2.83. The van der Waals surface area contributed by atoms with Gasteiger partial charge in [-0.05, 0) is 31.2 Å². The zero-order chi connectivity index (χ0) is 11.3. The average molecular weight is 211 g/mol. The van der Waals surface area contributed by atoms with Gasteiger partial charge in [-0.2, -0.15) is 0 Å². The summed E-state index contributed by atoms with van der Waals surface area (Å²) in [6.07, 6.45) is 6.56. The molecule has 0 bridgehead atoms. The highest BCUT2D eigenvalue weighted by molar-refractivity contribution is 5.81. The van der Waals surface area contributed by atoms with Gasteiger partial charge in [0, 0.05) is 12.3 Å². The second kappa shape index (κ2) is 6.26. The Kier molecular flexibility index (Phi) is 5.30. The third-order valence-electron chi connectivity index (χ3n) is 3.71. The molecule has 1 fully saturated rings. The number of rotatable bonds is 6. The molecule has 0 amide bonds. The zero-order valence-electron chi connectivity index (χ0n) is 10.2. The van der Waals surface area contributed by atoms with Crippen LogP contribution >= 0.6 is 0 Å². The smallest absolute Gasteiger partial charge is 0.136 e. The fraction of sp³-hybridized carbons (Fsp3) is 0.923. The van der Waals surface area contributed by atoms with Crippen molar-refractivity contribution in [3.63, 3.8) is 0 Å². The third-order valence-corrected chi connectivity index (χ3v) is 3.71. The lowest BCUT2D eigenvalue weighted by Gasteiger charge is -2.18. The number of Topliss-reactive ketones (excluding diaryl/α,β-unsaturated/α-hetero) is 1. The number of nitrogens with two attached hydrogens (primary N) is 1. The van der Waals surface area contributed by atoms with E-state index in [1.54, 1.807) is 0 Å². The molecular weight excluding hydrogens is 186 g/mol. The van der Waals surface area contributed by atoms with Gasteiger partial charge in [0.15, 0.2) is 0 Å². The van der Waals surface area contributed by atoms with Gasteiger partial charge in [0.2, 0.25) is 0 Å². The van der Waals surface area contributed by atoms with Crippen LogP contribution in [0.3, 0.4) is 0 Å². The maximum atomic E-state index is 12.0. The second-order valence-corrected chi connectivity index (χ2v) is 5.10. The highest BCUT2D eigenvalue weighted by atomic mass is 16.1. The Balaban J connectivity index is 2.38. The van der Waals surface area contributed by atoms with Crippen molar-refractivity contribution >= 4 is 5.78 Å². The van der Waals surface area contributed by atoms with Crippen molar-refractivity contribution < 1.29 is 4.79 Å². The first kappa shape index (κ1) is 12.7. The Hall–Kier alpha value is -0.370. The SMILES string of the molecule is CCCC(C)CC(=O)C1CCCC1CN. The number of ketones is 1. The summed E-state index contributed by atoms with van der Waals surface area (Å²) in [6, 6.07) is 0. The van der Waals surface area contributed by atoms with E-state index in [-0.39, 0.29) is 5.92 Å². The van der Waals surface area contributed by atoms with Crippen LogP contribution in [0.4, 0.5) is 0 Å². The maximum Gasteiger partial charge on any atom is 0.136 e. The number of hydrogen-bond donors (Lipinski definition) is 1. The van der Waals surface area contributed by atoms with Crippen molar-refractivity contribution in [1.29, 1.82) is 0 Å². The Morgan fingerprint density at radius 2 is 2.20 bits per heavy atom. The van der Waals surface area contributed by atoms with E-state index < -0.39 is 0 Å². The van der Waals surface area contributed by atoms with E-state index >= 15 is 0 Å². The highest BCUT2D eigenvalue weighted by Crippen LogP contribution is 2.33. The third kappa shape index (κ3) is 3.60. The van der Waals surface area contributed by atoms with E-state index in [2.05, 4.69) is 13.8 Å². The highest BCUT2D eigenvalue weighted by Gasteiger charge is 2.31. The molecule has 2 nitrogen and oxygen atoms in total. The first-order valence-corrected chi connectivity index (χ1v) is 6.41. The zero-order valence-corrected chi connectivity index (χ0v) is 10.2. The van der Waals surface area contributed by atoms with Gasteiger partial charge in [-0.25, -0.2) is 0 Å². The van der Waals surface area contributed by atoms with Crippen LogP contribution in [0.25, 0.3) is 0 Å². The summed E-state index contributed by atoms with van der Waals surface area (Å²) in [4.78, 5) is 12.0. The van der Waals surface area contributed by atoms with Crippen molar-refractivity contribution in [2.45, 2.75) is 52.4 Å². The lowest BCUT2D eigenvalue weighted by Crippen LogP contribution is -2.26. The van der Waals surface area contributed by atoms with Crippen LogP contribution in [0, 0.1) is 17.8 Å². The van der Waals surface area contributed by atoms with Gasteiger partial charge >= 0.3 is 0 Å². The molecule has 15 heavy (non-hydrogen) atoms. The van der Waals surface area contributed by atoms with E-state index in [4.69, 9.17) is 5.73 Å². The Morgan fingerprint density at radius 1 is 1.47 bits per heavy atom. The van der Waals surface area contributed by atoms with E-state index in [0.717, 1.165) is 19.3 Å². The van der Waals surface area contributed by atoms with Gasteiger partial charge in [-0.1, -0.05) is 33.1 Å². The van der Waals surface area contributed by atoms with Crippen LogP contribution < -0.4 is 5.73 Å². The molecule has 0 aromatic carbocycles. The summed E-state index contributed by atoms with van der Waals surface area (Å²) < 4.78 is 0. The molecule has 1 aliphatic carbocycles. The molecule has 1 saturated carbocycles. The van der Waals surface area contributed by atoms with Crippen LogP contribution in [0.2, 0.25) is 0 Å². The van der Waals surface area contributed by atoms with Gasteiger partial charge < -0.3 is 5.73 Å². The van der Waals surface area contributed by atoms with Crippen LogP contribution in [0.1, 0.15) is 52.4 Å². The standard InChI is InChI=1S/C13H25NO/c1-3-5-10(2)8-13(15)12-7-4-6-11(12)9-14/h10-12H,3-9,14H2,1-2H3. The number of carbonyl (C=O) groups is 1. The molecule has 2 heteroatoms. The van der Waals surface area contributed by atoms with Crippen molar-refractivity contribution in [3.8, 4) is 0 Å². The van der Waals surface area contributed by atoms with Crippen LogP contribution in [-0.4, -0.2) is 12.3 Å². The van der Waals surface area contributed by atoms with E-state index in [0.29, 0.717) is 24.2 Å². The fourth-order valence-corrected chi connectivity index (χ4v) is 2.83. The minimum atomic E-state index is 0.286. The molecular formula is C13H25NO. The minimum absolute atomic E-state index is 0.286. The van der Waals surface area contributed by atoms with Crippen molar-refractivity contribution in [1.82, 2.24) is 0 Å². The summed E-state index contributed by atoms with van der Waals surface area (Å²) in [6.45, 7) is 5.06. The Labute approximate surface area is 93.6 Å².